The maximum Gasteiger partial charge on any atom is 0.309 e. The fraction of sp³-hybridized carbons (Fsp3) is 0.727. The van der Waals surface area contributed by atoms with Gasteiger partial charge in [0.25, 0.3) is 0 Å². The van der Waals surface area contributed by atoms with Crippen LogP contribution in [0.15, 0.2) is 12.2 Å². The molecule has 3 aliphatic carbocycles. The number of allylic oxidation sites excluding steroid dienone is 2. The molecule has 1 aliphatic heterocycles. The Morgan fingerprint density at radius 1 is 1.36 bits per heavy atom. The molecule has 0 aromatic carbocycles. The van der Waals surface area contributed by atoms with Gasteiger partial charge in [-0.3, -0.25) is 4.79 Å². The minimum Gasteiger partial charge on any atom is -0.461 e. The van der Waals surface area contributed by atoms with Gasteiger partial charge in [-0.25, -0.2) is 0 Å². The van der Waals surface area contributed by atoms with Gasteiger partial charge in [0.2, 0.25) is 0 Å². The van der Waals surface area contributed by atoms with E-state index in [1.165, 1.54) is 0 Å². The molecule has 7 atom stereocenters. The number of hydrogen-bond acceptors (Lipinski definition) is 2. The van der Waals surface area contributed by atoms with Crippen molar-refractivity contribution in [2.24, 2.45) is 29.6 Å². The van der Waals surface area contributed by atoms with Crippen LogP contribution in [-0.4, -0.2) is 16.0 Å². The molecule has 2 saturated carbocycles. The topological polar surface area (TPSA) is 26.3 Å². The van der Waals surface area contributed by atoms with Crippen molar-refractivity contribution in [3.05, 3.63) is 12.2 Å². The third-order valence-corrected chi connectivity index (χ3v) is 6.11. The molecule has 1 saturated heterocycles. The Kier molecular flexibility index (Phi) is 1.37. The van der Waals surface area contributed by atoms with Crippen LogP contribution in [0.3, 0.4) is 0 Å². The van der Waals surface area contributed by atoms with Gasteiger partial charge in [0.1, 0.15) is 6.10 Å². The van der Waals surface area contributed by atoms with Crippen molar-refractivity contribution in [1.29, 1.82) is 0 Å². The van der Waals surface area contributed by atoms with Crippen molar-refractivity contribution in [3.63, 3.8) is 0 Å². The first-order valence-electron chi connectivity index (χ1n) is 5.30. The zero-order valence-corrected chi connectivity index (χ0v) is 9.76. The first kappa shape index (κ1) is 8.13. The van der Waals surface area contributed by atoms with Crippen molar-refractivity contribution in [1.82, 2.24) is 0 Å². The molecule has 0 spiro atoms. The van der Waals surface area contributed by atoms with Crippen molar-refractivity contribution in [2.45, 2.75) is 16.4 Å². The maximum absolute atomic E-state index is 11.6. The smallest absolute Gasteiger partial charge is 0.309 e. The largest absolute Gasteiger partial charge is 0.461 e. The Hall–Kier alpha value is -0.0600. The molecule has 2 nitrogen and oxygen atoms in total. The summed E-state index contributed by atoms with van der Waals surface area (Å²) in [6.07, 6.45) is 6.01. The number of carbonyl (C=O) groups is 1. The fourth-order valence-electron chi connectivity index (χ4n) is 4.13. The molecule has 4 aliphatic rings. The molecule has 74 valence electrons. The monoisotopic (exact) mass is 302 g/mol. The summed E-state index contributed by atoms with van der Waals surface area (Å²) in [5.41, 5.74) is 0. The molecular weight excluding hydrogens is 291 g/mol. The Bertz CT molecular complexity index is 351. The van der Waals surface area contributed by atoms with Crippen LogP contribution in [0.2, 0.25) is 0 Å². The average Bonchev–Trinajstić information content (AvgIpc) is 2.78. The van der Waals surface area contributed by atoms with E-state index in [9.17, 15) is 4.79 Å². The molecule has 14 heavy (non-hydrogen) atoms. The molecule has 4 rings (SSSR count). The van der Waals surface area contributed by atoms with E-state index in [4.69, 9.17) is 4.74 Å². The zero-order valence-electron chi connectivity index (χ0n) is 7.60. The molecule has 0 aromatic heterocycles. The van der Waals surface area contributed by atoms with Crippen molar-refractivity contribution in [2.75, 3.05) is 0 Å². The Morgan fingerprint density at radius 3 is 3.07 bits per heavy atom. The van der Waals surface area contributed by atoms with Crippen molar-refractivity contribution in [3.8, 4) is 0 Å². The maximum atomic E-state index is 11.6. The van der Waals surface area contributed by atoms with E-state index in [1.807, 2.05) is 0 Å². The van der Waals surface area contributed by atoms with Gasteiger partial charge in [0.15, 0.2) is 0 Å². The summed E-state index contributed by atoms with van der Waals surface area (Å²) in [5.74, 6) is 2.98. The van der Waals surface area contributed by atoms with E-state index in [2.05, 4.69) is 34.7 Å². The lowest BCUT2D eigenvalue weighted by Gasteiger charge is -2.14. The minimum absolute atomic E-state index is 0.0860. The summed E-state index contributed by atoms with van der Waals surface area (Å²) < 4.78 is 6.03. The van der Waals surface area contributed by atoms with Gasteiger partial charge >= 0.3 is 5.97 Å². The van der Waals surface area contributed by atoms with Crippen LogP contribution in [0, 0.1) is 29.6 Å². The highest BCUT2D eigenvalue weighted by Crippen LogP contribution is 2.63. The Morgan fingerprint density at radius 2 is 2.21 bits per heavy atom. The van der Waals surface area contributed by atoms with Crippen LogP contribution < -0.4 is 0 Å². The van der Waals surface area contributed by atoms with Crippen LogP contribution in [0.5, 0.6) is 0 Å². The van der Waals surface area contributed by atoms with E-state index in [0.717, 1.165) is 12.3 Å². The number of ether oxygens (including phenoxy) is 1. The van der Waals surface area contributed by atoms with Gasteiger partial charge in [-0.15, -0.1) is 0 Å². The third kappa shape index (κ3) is 0.708. The Balaban J connectivity index is 1.86. The number of esters is 1. The molecule has 3 fully saturated rings. The lowest BCUT2D eigenvalue weighted by Crippen LogP contribution is -2.21. The minimum atomic E-state index is 0.0860. The van der Waals surface area contributed by atoms with Crippen molar-refractivity contribution >= 4 is 28.6 Å². The number of rotatable bonds is 0. The molecule has 0 aromatic rings. The molecule has 0 radical (unpaired) electrons. The first-order valence-corrected chi connectivity index (χ1v) is 6.55. The van der Waals surface area contributed by atoms with Crippen molar-refractivity contribution < 1.29 is 9.53 Å². The third-order valence-electron chi connectivity index (χ3n) is 4.57. The lowest BCUT2D eigenvalue weighted by molar-refractivity contribution is -0.144. The summed E-state index contributed by atoms with van der Waals surface area (Å²) in [7, 11) is 0. The lowest BCUT2D eigenvalue weighted by atomic mass is 9.89. The second-order valence-electron chi connectivity index (χ2n) is 4.97. The quantitative estimate of drug-likeness (QED) is 0.295. The summed E-state index contributed by atoms with van der Waals surface area (Å²) in [6.45, 7) is 0. The number of carbonyl (C=O) groups excluding carboxylic acids is 1. The molecule has 0 amide bonds. The van der Waals surface area contributed by atoms with E-state index >= 15 is 0 Å². The van der Waals surface area contributed by atoms with Gasteiger partial charge in [-0.2, -0.15) is 0 Å². The second kappa shape index (κ2) is 2.36. The highest BCUT2D eigenvalue weighted by Gasteiger charge is 2.66. The standard InChI is InChI=1S/C11H11IO2/c12-9-5-2-1-4-3-6-8(7(4)5)10(9)14-11(6)13/h1-2,4-10H,3H2/t4-,5+,6-,7+,8-,9-,10-/m0/s1. The van der Waals surface area contributed by atoms with Crippen LogP contribution in [-0.2, 0) is 9.53 Å². The predicted molar refractivity (Wildman–Crippen MR) is 58.9 cm³/mol. The van der Waals surface area contributed by atoms with E-state index in [0.29, 0.717) is 21.7 Å². The molecular formula is C11H11IO2. The number of alkyl halides is 1. The van der Waals surface area contributed by atoms with Gasteiger partial charge in [0, 0.05) is 5.92 Å². The highest BCUT2D eigenvalue weighted by atomic mass is 127. The zero-order chi connectivity index (χ0) is 9.45. The normalized spacial score (nSPS) is 62.1. The van der Waals surface area contributed by atoms with E-state index < -0.39 is 0 Å². The van der Waals surface area contributed by atoms with Crippen LogP contribution in [0.4, 0.5) is 0 Å². The first-order chi connectivity index (χ1) is 6.77. The summed E-state index contributed by atoms with van der Waals surface area (Å²) in [4.78, 5) is 11.6. The average molecular weight is 302 g/mol. The van der Waals surface area contributed by atoms with Crippen LogP contribution >= 0.6 is 22.6 Å². The van der Waals surface area contributed by atoms with Gasteiger partial charge < -0.3 is 4.74 Å². The summed E-state index contributed by atoms with van der Waals surface area (Å²) in [5, 5.41) is 0. The van der Waals surface area contributed by atoms with Gasteiger partial charge in [-0.05, 0) is 24.2 Å². The Labute approximate surface area is 96.2 Å². The SMILES string of the molecule is O=C1O[C@@H]2[C@@H](I)[C@@H]3C=C[C@H]4C[C@H]1[C@H]2[C@@H]34. The molecule has 1 heterocycles. The molecule has 0 bridgehead atoms. The molecule has 0 unspecified atom stereocenters. The van der Waals surface area contributed by atoms with Crippen LogP contribution in [0.1, 0.15) is 6.42 Å². The number of halogens is 1. The van der Waals surface area contributed by atoms with E-state index in [-0.39, 0.29) is 18.0 Å². The van der Waals surface area contributed by atoms with Gasteiger partial charge in [0.05, 0.1) is 9.84 Å². The summed E-state index contributed by atoms with van der Waals surface area (Å²) >= 11 is 2.48. The predicted octanol–water partition coefficient (Wildman–Crippen LogP) is 1.78. The number of hydrogen-bond donors (Lipinski definition) is 0. The molecule has 3 heteroatoms. The summed E-state index contributed by atoms with van der Waals surface area (Å²) in [6, 6.07) is 0. The van der Waals surface area contributed by atoms with Gasteiger partial charge in [-0.1, -0.05) is 34.7 Å². The molecule has 0 N–H and O–H groups in total. The highest BCUT2D eigenvalue weighted by molar-refractivity contribution is 14.1. The second-order valence-corrected chi connectivity index (χ2v) is 6.41. The fourth-order valence-corrected chi connectivity index (χ4v) is 5.47. The van der Waals surface area contributed by atoms with Crippen LogP contribution in [0.25, 0.3) is 0 Å². The van der Waals surface area contributed by atoms with E-state index in [1.54, 1.807) is 0 Å².